The van der Waals surface area contributed by atoms with E-state index in [0.717, 1.165) is 21.4 Å². The number of benzene rings is 4. The zero-order valence-corrected chi connectivity index (χ0v) is 73.7. The fraction of sp³-hybridized carbons (Fsp3) is 0.539. The second-order valence-electron chi connectivity index (χ2n) is 31.3. The first-order valence-corrected chi connectivity index (χ1v) is 42.7. The molecule has 131 heavy (non-hydrogen) atoms. The van der Waals surface area contributed by atoms with Crippen molar-refractivity contribution in [2.75, 3.05) is 182 Å². The summed E-state index contributed by atoms with van der Waals surface area (Å²) in [6.07, 6.45) is -6.63. The predicted octanol–water partition coefficient (Wildman–Crippen LogP) is 3.67. The standard InChI is InChI=1S/C88H114N8O32.CO2/c1-54(2)63(43-62(97)18-23-115-25-27-117-29-31-119-33-35-121-37-38-122-36-34-120-32-30-118-28-26-116-24-19-89-77(100)17-20-91-78(101)15-16-79(91)102)82(105)90-57(5)70(98)42-58-9-11-59(12-10-58)51-127-88(110)95-67-47-76(74(114-7)45-65(67)84(107)93-49-56(4)40-69(93)85(95)108)124-22-8-21-123-75-46-66-64(44-73(75)113-6)83(106)92-48-55(3)39-61(92)50-94(66)87(109)126-52-60-13-14-72(68(41-60)96(111)112)128-86-81(104)80(103)71(99)53-125-86;2-1-3/h9-16,41,44-47,54,57,61,63,69,71,80-81,85-86,99,103-104,108H,3-4,8,17-40,42-43,48-53H2,1-2,5-7H3,(H,89,100)(H,90,105);/t57-,61-,63-,69-,71+,80-,81+,85?,86-;/m0./s1. The van der Waals surface area contributed by atoms with E-state index in [0.29, 0.717) is 102 Å². The van der Waals surface area contributed by atoms with Gasteiger partial charge in [-0.2, -0.15) is 9.59 Å². The number of Topliss-reactive ketones (excluding diaryl/α,β-unsaturated/α-hetero) is 2. The van der Waals surface area contributed by atoms with Gasteiger partial charge in [-0.25, -0.2) is 14.5 Å². The number of imide groups is 1. The number of nitro benzene ring substituents is 1. The molecule has 0 saturated carbocycles. The summed E-state index contributed by atoms with van der Waals surface area (Å²) >= 11 is 0. The van der Waals surface area contributed by atoms with Crippen LogP contribution in [0.4, 0.5) is 26.7 Å². The third kappa shape index (κ3) is 30.1. The lowest BCUT2D eigenvalue weighted by molar-refractivity contribution is -0.386. The lowest BCUT2D eigenvalue weighted by Gasteiger charge is -2.34. The topological polar surface area (TPSA) is 517 Å². The Kier molecular flexibility index (Phi) is 41.1. The number of fused-ring (bicyclic) bond motifs is 4. The first-order valence-electron chi connectivity index (χ1n) is 42.7. The molecule has 6 aliphatic rings. The number of nitrogens with one attached hydrogen (secondary N) is 2. The van der Waals surface area contributed by atoms with Gasteiger partial charge in [0.1, 0.15) is 37.3 Å². The Balaban J connectivity index is 0.00000635. The molecule has 0 aromatic heterocycles. The number of nitro groups is 1. The van der Waals surface area contributed by atoms with E-state index in [-0.39, 0.29) is 204 Å². The summed E-state index contributed by atoms with van der Waals surface area (Å²) in [5.74, 6) is -3.82. The molecule has 4 aromatic rings. The third-order valence-corrected chi connectivity index (χ3v) is 21.6. The summed E-state index contributed by atoms with van der Waals surface area (Å²) in [6, 6.07) is 13.7. The van der Waals surface area contributed by atoms with Crippen LogP contribution in [0.15, 0.2) is 103 Å². The zero-order chi connectivity index (χ0) is 94.6. The molecular formula is C89H114N8O34. The van der Waals surface area contributed by atoms with Crippen molar-refractivity contribution in [3.63, 3.8) is 0 Å². The van der Waals surface area contributed by atoms with Gasteiger partial charge in [-0.15, -0.1) is 0 Å². The highest BCUT2D eigenvalue weighted by molar-refractivity contribution is 6.13. The first kappa shape index (κ1) is 103. The number of amides is 8. The van der Waals surface area contributed by atoms with Crippen LogP contribution in [-0.4, -0.2) is 327 Å². The van der Waals surface area contributed by atoms with Gasteiger partial charge < -0.3 is 117 Å². The minimum Gasteiger partial charge on any atom is -0.493 e. The molecule has 8 amide bonds. The molecular weight excluding hydrogens is 1730 g/mol. The van der Waals surface area contributed by atoms with Crippen molar-refractivity contribution in [2.24, 2.45) is 11.8 Å². The first-order chi connectivity index (χ1) is 63.0. The normalized spacial score (nSPS) is 19.0. The van der Waals surface area contributed by atoms with E-state index in [1.807, 2.05) is 13.8 Å². The number of aliphatic hydroxyl groups excluding tert-OH is 4. The van der Waals surface area contributed by atoms with Crippen molar-refractivity contribution < 1.29 is 159 Å². The Morgan fingerprint density at radius 1 is 0.595 bits per heavy atom. The number of aliphatic hydroxyl groups is 4. The van der Waals surface area contributed by atoms with Gasteiger partial charge in [0.15, 0.2) is 40.8 Å². The number of carbonyl (C=O) groups is 10. The molecule has 6 heterocycles. The molecule has 0 radical (unpaired) electrons. The Morgan fingerprint density at radius 2 is 1.10 bits per heavy atom. The van der Waals surface area contributed by atoms with E-state index in [1.54, 1.807) is 36.1 Å². The van der Waals surface area contributed by atoms with Gasteiger partial charge in [-0.1, -0.05) is 68.5 Å². The lowest BCUT2D eigenvalue weighted by atomic mass is 9.88. The second kappa shape index (κ2) is 52.3. The Morgan fingerprint density at radius 3 is 1.66 bits per heavy atom. The number of hydrogen-bond donors (Lipinski definition) is 6. The van der Waals surface area contributed by atoms with Gasteiger partial charge in [0.05, 0.1) is 192 Å². The molecule has 9 atom stereocenters. The van der Waals surface area contributed by atoms with Crippen LogP contribution in [0.1, 0.15) is 96.7 Å². The monoisotopic (exact) mass is 1840 g/mol. The van der Waals surface area contributed by atoms with Crippen LogP contribution >= 0.6 is 0 Å². The summed E-state index contributed by atoms with van der Waals surface area (Å²) in [5, 5.41) is 60.2. The maximum atomic E-state index is 14.5. The van der Waals surface area contributed by atoms with Crippen LogP contribution in [0.2, 0.25) is 0 Å². The van der Waals surface area contributed by atoms with E-state index in [1.165, 1.54) is 72.6 Å². The number of rotatable bonds is 53. The predicted molar refractivity (Wildman–Crippen MR) is 457 cm³/mol. The van der Waals surface area contributed by atoms with E-state index in [2.05, 4.69) is 23.8 Å². The van der Waals surface area contributed by atoms with Crippen molar-refractivity contribution in [2.45, 2.75) is 128 Å². The number of ketones is 2. The molecule has 42 heteroatoms. The average molecular weight is 1840 g/mol. The maximum Gasteiger partial charge on any atom is 0.416 e. The highest BCUT2D eigenvalue weighted by atomic mass is 16.7. The Bertz CT molecular complexity index is 4660. The number of anilines is 2. The maximum absolute atomic E-state index is 14.5. The molecule has 0 spiro atoms. The smallest absolute Gasteiger partial charge is 0.416 e. The molecule has 714 valence electrons. The molecule has 3 saturated heterocycles. The summed E-state index contributed by atoms with van der Waals surface area (Å²) in [7, 11) is 2.74. The van der Waals surface area contributed by atoms with Gasteiger partial charge in [0.2, 0.25) is 18.1 Å². The van der Waals surface area contributed by atoms with Gasteiger partial charge in [0, 0.05) is 94.6 Å². The van der Waals surface area contributed by atoms with Gasteiger partial charge in [-0.3, -0.25) is 58.3 Å². The van der Waals surface area contributed by atoms with E-state index < -0.39 is 120 Å². The lowest BCUT2D eigenvalue weighted by Crippen LogP contribution is -2.54. The number of ether oxygens (including phenoxy) is 16. The molecule has 6 aliphatic heterocycles. The minimum absolute atomic E-state index is 0.00782. The molecule has 42 nitrogen and oxygen atoms in total. The number of methoxy groups -OCH3 is 2. The van der Waals surface area contributed by atoms with Crippen LogP contribution in [0.5, 0.6) is 28.7 Å². The minimum atomic E-state index is -1.74. The van der Waals surface area contributed by atoms with Crippen molar-refractivity contribution >= 4 is 82.4 Å². The molecule has 0 bridgehead atoms. The molecule has 4 aromatic carbocycles. The van der Waals surface area contributed by atoms with E-state index in [4.69, 9.17) is 85.4 Å². The van der Waals surface area contributed by atoms with Crippen molar-refractivity contribution in [1.29, 1.82) is 0 Å². The van der Waals surface area contributed by atoms with Gasteiger partial charge >= 0.3 is 24.0 Å². The molecule has 0 aliphatic carbocycles. The number of carbonyl (C=O) groups excluding carboxylic acids is 12. The van der Waals surface area contributed by atoms with E-state index in [9.17, 15) is 78.5 Å². The highest BCUT2D eigenvalue weighted by Crippen LogP contribution is 2.44. The van der Waals surface area contributed by atoms with Gasteiger partial charge in [-0.05, 0) is 60.6 Å². The molecule has 1 unspecified atom stereocenters. The van der Waals surface area contributed by atoms with Gasteiger partial charge in [0.25, 0.3) is 23.6 Å². The summed E-state index contributed by atoms with van der Waals surface area (Å²) in [5.41, 5.74) is 2.20. The summed E-state index contributed by atoms with van der Waals surface area (Å²) in [4.78, 5) is 167. The highest BCUT2D eigenvalue weighted by Gasteiger charge is 2.48. The number of nitrogens with zero attached hydrogens (tertiary/aromatic N) is 6. The fourth-order valence-electron chi connectivity index (χ4n) is 14.6. The second-order valence-corrected chi connectivity index (χ2v) is 31.3. The number of hydrogen-bond acceptors (Lipinski definition) is 34. The van der Waals surface area contributed by atoms with Crippen molar-refractivity contribution in [1.82, 2.24) is 25.3 Å². The molecule has 6 N–H and O–H groups in total. The average Bonchev–Trinajstić information content (AvgIpc) is 1.61. The molecule has 10 rings (SSSR count). The Labute approximate surface area is 755 Å². The van der Waals surface area contributed by atoms with Crippen molar-refractivity contribution in [3.05, 3.63) is 141 Å². The van der Waals surface area contributed by atoms with Crippen molar-refractivity contribution in [3.8, 4) is 28.7 Å². The van der Waals surface area contributed by atoms with Crippen LogP contribution in [0.3, 0.4) is 0 Å². The van der Waals surface area contributed by atoms with Crippen LogP contribution in [0.25, 0.3) is 0 Å². The quantitative estimate of drug-likeness (QED) is 0.0121. The third-order valence-electron chi connectivity index (χ3n) is 21.6. The van der Waals surface area contributed by atoms with Crippen LogP contribution in [-0.2, 0) is 110 Å². The van der Waals surface area contributed by atoms with Crippen LogP contribution < -0.4 is 44.1 Å². The SMILES string of the molecule is C=C1C[C@H]2CN(C(=O)OCc3ccc(O[C@@H]4OC[C@@H](O)[C@H](O)[C@H]4O)c([N+](=O)[O-])c3)c3cc(OCCCOc4cc5c(cc4OC)C(=O)N4CC(=C)C[C@H]4C(O)N5C(=O)OCc4ccc(CC(=O)[C@H](C)NC(=O)[C@@H](CC(=O)CCOCCOCCOCCOCCOCCOCCOCCOCCNC(=O)CCN5C(=O)C=CC5=O)C(C)C)cc4)c(OC)cc3C(=O)N2C1.O=C=O. The Hall–Kier alpha value is -11.7. The zero-order valence-electron chi connectivity index (χ0n) is 73.7. The summed E-state index contributed by atoms with van der Waals surface area (Å²) < 4.78 is 90.6. The van der Waals surface area contributed by atoms with E-state index >= 15 is 0 Å². The largest absolute Gasteiger partial charge is 0.493 e. The fourth-order valence-corrected chi connectivity index (χ4v) is 14.6. The van der Waals surface area contributed by atoms with Crippen LogP contribution in [0, 0.1) is 22.0 Å². The molecule has 3 fully saturated rings. The summed E-state index contributed by atoms with van der Waals surface area (Å²) in [6.45, 7) is 18.0.